The lowest BCUT2D eigenvalue weighted by atomic mass is 10.0. The number of carbonyl (C=O) groups excluding carboxylic acids is 1. The van der Waals surface area contributed by atoms with Gasteiger partial charge in [-0.15, -0.1) is 0 Å². The maximum atomic E-state index is 11.1. The molecule has 0 amide bonds. The quantitative estimate of drug-likeness (QED) is 0.621. The maximum absolute atomic E-state index is 11.1. The molecule has 0 saturated carbocycles. The SMILES string of the molecule is COC(=O)[C@H](C)c1cccnc1. The Morgan fingerprint density at radius 1 is 1.67 bits per heavy atom. The van der Waals surface area contributed by atoms with Crippen LogP contribution in [0.4, 0.5) is 0 Å². The van der Waals surface area contributed by atoms with E-state index in [0.717, 1.165) is 5.56 Å². The van der Waals surface area contributed by atoms with Gasteiger partial charge in [0.25, 0.3) is 0 Å². The number of hydrogen-bond donors (Lipinski definition) is 0. The first kappa shape index (κ1) is 8.71. The molecule has 1 heterocycles. The zero-order chi connectivity index (χ0) is 8.97. The number of pyridine rings is 1. The van der Waals surface area contributed by atoms with E-state index in [9.17, 15) is 4.79 Å². The molecule has 1 aromatic heterocycles. The fourth-order valence-electron chi connectivity index (χ4n) is 0.945. The Balaban J connectivity index is 2.78. The molecule has 0 bridgehead atoms. The van der Waals surface area contributed by atoms with Crippen molar-refractivity contribution in [3.05, 3.63) is 30.1 Å². The summed E-state index contributed by atoms with van der Waals surface area (Å²) < 4.78 is 4.60. The van der Waals surface area contributed by atoms with Gasteiger partial charge in [0.15, 0.2) is 0 Å². The first-order valence-corrected chi connectivity index (χ1v) is 3.73. The van der Waals surface area contributed by atoms with Crippen LogP contribution in [0.3, 0.4) is 0 Å². The average molecular weight is 165 g/mol. The minimum absolute atomic E-state index is 0.233. The predicted molar refractivity (Wildman–Crippen MR) is 44.7 cm³/mol. The third kappa shape index (κ3) is 1.81. The third-order valence-corrected chi connectivity index (χ3v) is 1.74. The lowest BCUT2D eigenvalue weighted by Crippen LogP contribution is -2.10. The molecule has 1 atom stereocenters. The van der Waals surface area contributed by atoms with Gasteiger partial charge >= 0.3 is 5.97 Å². The third-order valence-electron chi connectivity index (χ3n) is 1.74. The summed E-state index contributed by atoms with van der Waals surface area (Å²) in [5.41, 5.74) is 0.879. The second kappa shape index (κ2) is 3.85. The van der Waals surface area contributed by atoms with Gasteiger partial charge in [-0.05, 0) is 18.6 Å². The van der Waals surface area contributed by atoms with E-state index in [1.54, 1.807) is 25.4 Å². The normalized spacial score (nSPS) is 12.2. The molecule has 3 nitrogen and oxygen atoms in total. The zero-order valence-corrected chi connectivity index (χ0v) is 7.15. The molecule has 0 aliphatic carbocycles. The van der Waals surface area contributed by atoms with Gasteiger partial charge in [0.05, 0.1) is 13.0 Å². The summed E-state index contributed by atoms with van der Waals surface area (Å²) >= 11 is 0. The minimum Gasteiger partial charge on any atom is -0.469 e. The number of carbonyl (C=O) groups is 1. The fraction of sp³-hybridized carbons (Fsp3) is 0.333. The fourth-order valence-corrected chi connectivity index (χ4v) is 0.945. The topological polar surface area (TPSA) is 39.2 Å². The van der Waals surface area contributed by atoms with Crippen LogP contribution in [0, 0.1) is 0 Å². The Bertz CT molecular complexity index is 258. The highest BCUT2D eigenvalue weighted by molar-refractivity contribution is 5.77. The van der Waals surface area contributed by atoms with Crippen molar-refractivity contribution in [2.24, 2.45) is 0 Å². The second-order valence-corrected chi connectivity index (χ2v) is 2.53. The van der Waals surface area contributed by atoms with Crippen LogP contribution in [0.5, 0.6) is 0 Å². The lowest BCUT2D eigenvalue weighted by molar-refractivity contribution is -0.141. The highest BCUT2D eigenvalue weighted by Crippen LogP contribution is 2.14. The molecular formula is C9H11NO2. The van der Waals surface area contributed by atoms with E-state index < -0.39 is 0 Å². The van der Waals surface area contributed by atoms with E-state index in [1.165, 1.54) is 7.11 Å². The van der Waals surface area contributed by atoms with E-state index in [4.69, 9.17) is 0 Å². The number of methoxy groups -OCH3 is 1. The Hall–Kier alpha value is -1.38. The number of hydrogen-bond acceptors (Lipinski definition) is 3. The van der Waals surface area contributed by atoms with Gasteiger partial charge in [-0.2, -0.15) is 0 Å². The van der Waals surface area contributed by atoms with Crippen molar-refractivity contribution in [2.45, 2.75) is 12.8 Å². The van der Waals surface area contributed by atoms with Crippen molar-refractivity contribution >= 4 is 5.97 Å². The summed E-state index contributed by atoms with van der Waals surface area (Å²) in [5, 5.41) is 0. The molecule has 0 fully saturated rings. The number of aromatic nitrogens is 1. The van der Waals surface area contributed by atoms with Crippen LogP contribution in [0.1, 0.15) is 18.4 Å². The van der Waals surface area contributed by atoms with Crippen LogP contribution >= 0.6 is 0 Å². The van der Waals surface area contributed by atoms with E-state index in [1.807, 2.05) is 6.07 Å². The molecule has 1 rings (SSSR count). The molecule has 1 aromatic rings. The van der Waals surface area contributed by atoms with Crippen molar-refractivity contribution in [2.75, 3.05) is 7.11 Å². The Labute approximate surface area is 71.4 Å². The molecule has 0 saturated heterocycles. The van der Waals surface area contributed by atoms with Crippen molar-refractivity contribution < 1.29 is 9.53 Å². The molecule has 0 spiro atoms. The zero-order valence-electron chi connectivity index (χ0n) is 7.15. The van der Waals surface area contributed by atoms with Gasteiger partial charge in [-0.1, -0.05) is 6.07 Å². The smallest absolute Gasteiger partial charge is 0.312 e. The number of esters is 1. The van der Waals surface area contributed by atoms with Crippen molar-refractivity contribution in [1.82, 2.24) is 4.98 Å². The second-order valence-electron chi connectivity index (χ2n) is 2.53. The van der Waals surface area contributed by atoms with E-state index in [0.29, 0.717) is 0 Å². The molecule has 0 aliphatic heterocycles. The monoisotopic (exact) mass is 165 g/mol. The van der Waals surface area contributed by atoms with Gasteiger partial charge in [0.2, 0.25) is 0 Å². The average Bonchev–Trinajstić information content (AvgIpc) is 2.17. The van der Waals surface area contributed by atoms with Crippen molar-refractivity contribution in [3.8, 4) is 0 Å². The first-order valence-electron chi connectivity index (χ1n) is 3.73. The summed E-state index contributed by atoms with van der Waals surface area (Å²) in [6.45, 7) is 1.79. The summed E-state index contributed by atoms with van der Waals surface area (Å²) in [7, 11) is 1.38. The summed E-state index contributed by atoms with van der Waals surface area (Å²) in [6, 6.07) is 3.66. The van der Waals surface area contributed by atoms with Crippen LogP contribution in [0.2, 0.25) is 0 Å². The Kier molecular flexibility index (Phi) is 2.80. The van der Waals surface area contributed by atoms with Crippen molar-refractivity contribution in [3.63, 3.8) is 0 Å². The minimum atomic E-state index is -0.233. The molecule has 12 heavy (non-hydrogen) atoms. The molecule has 0 unspecified atom stereocenters. The largest absolute Gasteiger partial charge is 0.469 e. The molecule has 0 aliphatic rings. The van der Waals surface area contributed by atoms with Crippen LogP contribution < -0.4 is 0 Å². The van der Waals surface area contributed by atoms with Crippen LogP contribution in [-0.4, -0.2) is 18.1 Å². The van der Waals surface area contributed by atoms with Gasteiger partial charge < -0.3 is 4.74 Å². The number of rotatable bonds is 2. The van der Waals surface area contributed by atoms with Gasteiger partial charge in [-0.3, -0.25) is 9.78 Å². The van der Waals surface area contributed by atoms with Crippen LogP contribution in [-0.2, 0) is 9.53 Å². The van der Waals surface area contributed by atoms with E-state index in [-0.39, 0.29) is 11.9 Å². The van der Waals surface area contributed by atoms with Gasteiger partial charge in [0.1, 0.15) is 0 Å². The highest BCUT2D eigenvalue weighted by atomic mass is 16.5. The molecular weight excluding hydrogens is 154 g/mol. The molecule has 0 aromatic carbocycles. The summed E-state index contributed by atoms with van der Waals surface area (Å²) in [4.78, 5) is 15.0. The molecule has 3 heteroatoms. The van der Waals surface area contributed by atoms with E-state index >= 15 is 0 Å². The standard InChI is InChI=1S/C9H11NO2/c1-7(9(11)12-2)8-4-3-5-10-6-8/h3-7H,1-2H3/t7-/m1/s1. The highest BCUT2D eigenvalue weighted by Gasteiger charge is 2.14. The number of nitrogens with zero attached hydrogens (tertiary/aromatic N) is 1. The molecule has 0 N–H and O–H groups in total. The number of ether oxygens (including phenoxy) is 1. The maximum Gasteiger partial charge on any atom is 0.312 e. The summed E-state index contributed by atoms with van der Waals surface area (Å²) in [5.74, 6) is -0.466. The van der Waals surface area contributed by atoms with Crippen LogP contribution in [0.15, 0.2) is 24.5 Å². The van der Waals surface area contributed by atoms with Gasteiger partial charge in [0, 0.05) is 12.4 Å². The molecule has 64 valence electrons. The predicted octanol–water partition coefficient (Wildman–Crippen LogP) is 1.36. The van der Waals surface area contributed by atoms with Crippen LogP contribution in [0.25, 0.3) is 0 Å². The first-order chi connectivity index (χ1) is 5.75. The van der Waals surface area contributed by atoms with Gasteiger partial charge in [-0.25, -0.2) is 0 Å². The van der Waals surface area contributed by atoms with E-state index in [2.05, 4.69) is 9.72 Å². The summed E-state index contributed by atoms with van der Waals surface area (Å²) in [6.07, 6.45) is 3.34. The Morgan fingerprint density at radius 3 is 2.92 bits per heavy atom. The molecule has 0 radical (unpaired) electrons. The Morgan fingerprint density at radius 2 is 2.42 bits per heavy atom. The lowest BCUT2D eigenvalue weighted by Gasteiger charge is -2.07. The van der Waals surface area contributed by atoms with Crippen molar-refractivity contribution in [1.29, 1.82) is 0 Å².